The minimum atomic E-state index is 0.534. The molecular formula is C12H14N2O. The van der Waals surface area contributed by atoms with E-state index in [1.807, 2.05) is 31.2 Å². The quantitative estimate of drug-likeness (QED) is 0.810. The fourth-order valence-corrected chi connectivity index (χ4v) is 1.72. The van der Waals surface area contributed by atoms with E-state index >= 15 is 0 Å². The van der Waals surface area contributed by atoms with Crippen molar-refractivity contribution in [3.8, 4) is 5.75 Å². The van der Waals surface area contributed by atoms with Gasteiger partial charge in [0.25, 0.3) is 0 Å². The first-order chi connectivity index (χ1) is 7.24. The highest BCUT2D eigenvalue weighted by Crippen LogP contribution is 2.22. The number of ether oxygens (including phenoxy) is 1. The predicted octanol–water partition coefficient (Wildman–Crippen LogP) is 2.01. The summed E-state index contributed by atoms with van der Waals surface area (Å²) in [6.07, 6.45) is 0. The van der Waals surface area contributed by atoms with Gasteiger partial charge in [-0.1, -0.05) is 0 Å². The largest absolute Gasteiger partial charge is 0.497 e. The van der Waals surface area contributed by atoms with Crippen molar-refractivity contribution in [3.63, 3.8) is 0 Å². The Hall–Kier alpha value is -1.61. The van der Waals surface area contributed by atoms with Gasteiger partial charge < -0.3 is 10.5 Å². The first-order valence-corrected chi connectivity index (χ1v) is 4.89. The van der Waals surface area contributed by atoms with Gasteiger partial charge in [0.05, 0.1) is 12.6 Å². The molecule has 0 unspecified atom stereocenters. The molecule has 0 amide bonds. The summed E-state index contributed by atoms with van der Waals surface area (Å²) >= 11 is 0. The fourth-order valence-electron chi connectivity index (χ4n) is 1.72. The molecule has 0 bridgehead atoms. The third-order valence-corrected chi connectivity index (χ3v) is 2.45. The maximum atomic E-state index is 5.70. The number of aryl methyl sites for hydroxylation is 1. The smallest absolute Gasteiger partial charge is 0.121 e. The summed E-state index contributed by atoms with van der Waals surface area (Å²) in [4.78, 5) is 4.46. The Morgan fingerprint density at radius 1 is 1.33 bits per heavy atom. The minimum absolute atomic E-state index is 0.534. The Labute approximate surface area is 88.9 Å². The lowest BCUT2D eigenvalue weighted by Gasteiger charge is -2.07. The first kappa shape index (κ1) is 9.93. The summed E-state index contributed by atoms with van der Waals surface area (Å²) in [5.74, 6) is 0.823. The number of nitrogens with two attached hydrogens (primary N) is 1. The van der Waals surface area contributed by atoms with Gasteiger partial charge in [-0.3, -0.25) is 4.98 Å². The molecule has 0 atom stereocenters. The highest BCUT2D eigenvalue weighted by Gasteiger charge is 2.03. The van der Waals surface area contributed by atoms with Crippen molar-refractivity contribution in [3.05, 3.63) is 35.5 Å². The molecule has 15 heavy (non-hydrogen) atoms. The van der Waals surface area contributed by atoms with Crippen molar-refractivity contribution >= 4 is 10.9 Å². The number of pyridine rings is 1. The van der Waals surface area contributed by atoms with Gasteiger partial charge in [0, 0.05) is 23.7 Å². The molecule has 0 spiro atoms. The van der Waals surface area contributed by atoms with E-state index in [1.165, 1.54) is 0 Å². The second-order valence-electron chi connectivity index (χ2n) is 3.51. The molecule has 0 radical (unpaired) electrons. The molecule has 1 aromatic heterocycles. The monoisotopic (exact) mass is 202 g/mol. The Morgan fingerprint density at radius 2 is 2.13 bits per heavy atom. The molecule has 0 saturated carbocycles. The van der Waals surface area contributed by atoms with E-state index in [1.54, 1.807) is 7.11 Å². The molecule has 0 aliphatic carbocycles. The van der Waals surface area contributed by atoms with Crippen LogP contribution in [0.15, 0.2) is 24.3 Å². The van der Waals surface area contributed by atoms with Crippen LogP contribution in [-0.2, 0) is 6.54 Å². The van der Waals surface area contributed by atoms with Gasteiger partial charge in [0.2, 0.25) is 0 Å². The van der Waals surface area contributed by atoms with E-state index in [0.717, 1.165) is 27.9 Å². The summed E-state index contributed by atoms with van der Waals surface area (Å²) < 4.78 is 5.16. The number of methoxy groups -OCH3 is 1. The van der Waals surface area contributed by atoms with E-state index in [9.17, 15) is 0 Å². The van der Waals surface area contributed by atoms with Crippen LogP contribution in [0.5, 0.6) is 5.75 Å². The van der Waals surface area contributed by atoms with Crippen molar-refractivity contribution in [2.24, 2.45) is 5.73 Å². The molecule has 2 rings (SSSR count). The fraction of sp³-hybridized carbons (Fsp3) is 0.250. The van der Waals surface area contributed by atoms with Crippen molar-refractivity contribution in [1.82, 2.24) is 4.98 Å². The van der Waals surface area contributed by atoms with E-state index in [2.05, 4.69) is 4.98 Å². The zero-order valence-electron chi connectivity index (χ0n) is 8.95. The molecule has 1 heterocycles. The van der Waals surface area contributed by atoms with Crippen LogP contribution in [0.3, 0.4) is 0 Å². The second-order valence-corrected chi connectivity index (χ2v) is 3.51. The molecule has 2 aromatic rings. The molecule has 0 saturated heterocycles. The Balaban J connectivity index is 2.72. The number of hydrogen-bond donors (Lipinski definition) is 1. The lowest BCUT2D eigenvalue weighted by molar-refractivity contribution is 0.415. The standard InChI is InChI=1S/C12H14N2O/c1-8-5-9(7-13)11-4-3-10(15-2)6-12(11)14-8/h3-6H,7,13H2,1-2H3. The van der Waals surface area contributed by atoms with Crippen molar-refractivity contribution in [1.29, 1.82) is 0 Å². The highest BCUT2D eigenvalue weighted by atomic mass is 16.5. The van der Waals surface area contributed by atoms with Gasteiger partial charge >= 0.3 is 0 Å². The van der Waals surface area contributed by atoms with Crippen molar-refractivity contribution < 1.29 is 4.74 Å². The van der Waals surface area contributed by atoms with Crippen LogP contribution in [0.25, 0.3) is 10.9 Å². The van der Waals surface area contributed by atoms with Gasteiger partial charge in [-0.15, -0.1) is 0 Å². The van der Waals surface area contributed by atoms with E-state index < -0.39 is 0 Å². The number of aromatic nitrogens is 1. The lowest BCUT2D eigenvalue weighted by Crippen LogP contribution is -1.99. The number of nitrogens with zero attached hydrogens (tertiary/aromatic N) is 1. The second kappa shape index (κ2) is 3.87. The predicted molar refractivity (Wildman–Crippen MR) is 60.9 cm³/mol. The Morgan fingerprint density at radius 3 is 2.80 bits per heavy atom. The van der Waals surface area contributed by atoms with Crippen LogP contribution in [0.2, 0.25) is 0 Å². The topological polar surface area (TPSA) is 48.1 Å². The Bertz CT molecular complexity index is 494. The molecule has 3 heteroatoms. The minimum Gasteiger partial charge on any atom is -0.497 e. The summed E-state index contributed by atoms with van der Waals surface area (Å²) in [5.41, 5.74) is 8.74. The summed E-state index contributed by atoms with van der Waals surface area (Å²) in [6.45, 7) is 2.50. The summed E-state index contributed by atoms with van der Waals surface area (Å²) in [5, 5.41) is 1.10. The van der Waals surface area contributed by atoms with Gasteiger partial charge in [-0.2, -0.15) is 0 Å². The van der Waals surface area contributed by atoms with Crippen LogP contribution >= 0.6 is 0 Å². The number of fused-ring (bicyclic) bond motifs is 1. The average Bonchev–Trinajstić information content (AvgIpc) is 2.26. The Kier molecular flexibility index (Phi) is 2.56. The molecule has 78 valence electrons. The molecule has 0 fully saturated rings. The van der Waals surface area contributed by atoms with E-state index in [-0.39, 0.29) is 0 Å². The lowest BCUT2D eigenvalue weighted by atomic mass is 10.1. The third kappa shape index (κ3) is 1.78. The number of benzene rings is 1. The molecule has 1 aromatic carbocycles. The third-order valence-electron chi connectivity index (χ3n) is 2.45. The highest BCUT2D eigenvalue weighted by molar-refractivity contribution is 5.83. The SMILES string of the molecule is COc1ccc2c(CN)cc(C)nc2c1. The van der Waals surface area contributed by atoms with Crippen LogP contribution in [0.1, 0.15) is 11.3 Å². The van der Waals surface area contributed by atoms with Crippen LogP contribution in [-0.4, -0.2) is 12.1 Å². The number of rotatable bonds is 2. The van der Waals surface area contributed by atoms with Crippen LogP contribution < -0.4 is 10.5 Å². The van der Waals surface area contributed by atoms with Crippen molar-refractivity contribution in [2.75, 3.05) is 7.11 Å². The zero-order valence-corrected chi connectivity index (χ0v) is 8.95. The van der Waals surface area contributed by atoms with Gasteiger partial charge in [-0.05, 0) is 30.7 Å². The molecule has 0 aliphatic rings. The molecule has 3 nitrogen and oxygen atoms in total. The van der Waals surface area contributed by atoms with E-state index in [0.29, 0.717) is 6.54 Å². The summed E-state index contributed by atoms with van der Waals surface area (Å²) in [6, 6.07) is 7.89. The first-order valence-electron chi connectivity index (χ1n) is 4.89. The molecule has 0 aliphatic heterocycles. The van der Waals surface area contributed by atoms with E-state index in [4.69, 9.17) is 10.5 Å². The normalized spacial score (nSPS) is 10.6. The molecule has 2 N–H and O–H groups in total. The molecular weight excluding hydrogens is 188 g/mol. The maximum Gasteiger partial charge on any atom is 0.121 e. The van der Waals surface area contributed by atoms with Gasteiger partial charge in [0.1, 0.15) is 5.75 Å². The maximum absolute atomic E-state index is 5.70. The van der Waals surface area contributed by atoms with Gasteiger partial charge in [-0.25, -0.2) is 0 Å². The summed E-state index contributed by atoms with van der Waals surface area (Å²) in [7, 11) is 1.65. The van der Waals surface area contributed by atoms with Gasteiger partial charge in [0.15, 0.2) is 0 Å². The van der Waals surface area contributed by atoms with Crippen LogP contribution in [0.4, 0.5) is 0 Å². The number of hydrogen-bond acceptors (Lipinski definition) is 3. The zero-order chi connectivity index (χ0) is 10.8. The average molecular weight is 202 g/mol. The van der Waals surface area contributed by atoms with Crippen LogP contribution in [0, 0.1) is 6.92 Å². The van der Waals surface area contributed by atoms with Crippen molar-refractivity contribution in [2.45, 2.75) is 13.5 Å².